The molecule has 4 heteroatoms. The maximum atomic E-state index is 11.3. The first-order valence-electron chi connectivity index (χ1n) is 5.03. The van der Waals surface area contributed by atoms with Crippen LogP contribution in [0, 0.1) is 0 Å². The van der Waals surface area contributed by atoms with Crippen LogP contribution in [0.2, 0.25) is 0 Å². The SMILES string of the molecule is COC(=O)C1=CC=CN(CCCCCl)C1. The second kappa shape index (κ2) is 6.51. The molecule has 0 atom stereocenters. The molecule has 0 aromatic rings. The van der Waals surface area contributed by atoms with Crippen LogP contribution in [0.5, 0.6) is 0 Å². The highest BCUT2D eigenvalue weighted by Gasteiger charge is 2.14. The van der Waals surface area contributed by atoms with Gasteiger partial charge in [-0.2, -0.15) is 0 Å². The van der Waals surface area contributed by atoms with Crippen LogP contribution in [0.4, 0.5) is 0 Å². The van der Waals surface area contributed by atoms with Gasteiger partial charge in [0.05, 0.1) is 12.7 Å². The van der Waals surface area contributed by atoms with Gasteiger partial charge in [-0.3, -0.25) is 0 Å². The maximum absolute atomic E-state index is 11.3. The molecule has 0 spiro atoms. The maximum Gasteiger partial charge on any atom is 0.335 e. The van der Waals surface area contributed by atoms with Gasteiger partial charge in [-0.05, 0) is 31.2 Å². The fourth-order valence-corrected chi connectivity index (χ4v) is 1.62. The first-order valence-corrected chi connectivity index (χ1v) is 5.57. The summed E-state index contributed by atoms with van der Waals surface area (Å²) in [5.41, 5.74) is 0.700. The predicted octanol–water partition coefficient (Wildman–Crippen LogP) is 1.93. The molecular weight excluding hydrogens is 214 g/mol. The molecule has 1 aliphatic rings. The van der Waals surface area contributed by atoms with E-state index in [0.29, 0.717) is 18.0 Å². The Morgan fingerprint density at radius 3 is 3.07 bits per heavy atom. The van der Waals surface area contributed by atoms with E-state index >= 15 is 0 Å². The van der Waals surface area contributed by atoms with Crippen molar-refractivity contribution in [1.82, 2.24) is 4.90 Å². The topological polar surface area (TPSA) is 29.5 Å². The molecule has 0 radical (unpaired) electrons. The van der Waals surface area contributed by atoms with Crippen molar-refractivity contribution in [2.75, 3.05) is 26.1 Å². The number of carbonyl (C=O) groups excluding carboxylic acids is 1. The highest BCUT2D eigenvalue weighted by molar-refractivity contribution is 6.17. The van der Waals surface area contributed by atoms with Crippen molar-refractivity contribution in [3.63, 3.8) is 0 Å². The summed E-state index contributed by atoms with van der Waals surface area (Å²) in [6, 6.07) is 0. The quantitative estimate of drug-likeness (QED) is 0.410. The molecule has 1 rings (SSSR count). The Morgan fingerprint density at radius 2 is 2.40 bits per heavy atom. The fourth-order valence-electron chi connectivity index (χ4n) is 1.43. The van der Waals surface area contributed by atoms with Crippen LogP contribution >= 0.6 is 11.6 Å². The summed E-state index contributed by atoms with van der Waals surface area (Å²) in [5, 5.41) is 0. The number of nitrogens with zero attached hydrogens (tertiary/aromatic N) is 1. The van der Waals surface area contributed by atoms with Crippen molar-refractivity contribution < 1.29 is 9.53 Å². The average Bonchev–Trinajstić information content (AvgIpc) is 2.29. The van der Waals surface area contributed by atoms with Gasteiger partial charge < -0.3 is 9.64 Å². The molecule has 3 nitrogen and oxygen atoms in total. The van der Waals surface area contributed by atoms with Gasteiger partial charge in [0.2, 0.25) is 0 Å². The van der Waals surface area contributed by atoms with E-state index < -0.39 is 0 Å². The monoisotopic (exact) mass is 229 g/mol. The van der Waals surface area contributed by atoms with Gasteiger partial charge in [-0.25, -0.2) is 4.79 Å². The second-order valence-electron chi connectivity index (χ2n) is 3.39. The van der Waals surface area contributed by atoms with Crippen molar-refractivity contribution in [1.29, 1.82) is 0 Å². The Kier molecular flexibility index (Phi) is 5.26. The van der Waals surface area contributed by atoms with Crippen molar-refractivity contribution in [3.05, 3.63) is 23.9 Å². The van der Waals surface area contributed by atoms with Crippen molar-refractivity contribution in [2.45, 2.75) is 12.8 Å². The van der Waals surface area contributed by atoms with Crippen molar-refractivity contribution in [2.24, 2.45) is 0 Å². The van der Waals surface area contributed by atoms with E-state index in [1.165, 1.54) is 7.11 Å². The number of unbranched alkanes of at least 4 members (excludes halogenated alkanes) is 1. The Bertz CT molecular complexity index is 274. The lowest BCUT2D eigenvalue weighted by molar-refractivity contribution is -0.136. The zero-order valence-electron chi connectivity index (χ0n) is 8.91. The number of esters is 1. The average molecular weight is 230 g/mol. The fraction of sp³-hybridized carbons (Fsp3) is 0.545. The van der Waals surface area contributed by atoms with Crippen LogP contribution in [0.15, 0.2) is 23.9 Å². The molecule has 0 bridgehead atoms. The summed E-state index contributed by atoms with van der Waals surface area (Å²) in [7, 11) is 1.40. The van der Waals surface area contributed by atoms with Gasteiger partial charge in [-0.15, -0.1) is 11.6 Å². The van der Waals surface area contributed by atoms with Crippen LogP contribution in [0.3, 0.4) is 0 Å². The molecule has 0 saturated heterocycles. The van der Waals surface area contributed by atoms with E-state index in [4.69, 9.17) is 11.6 Å². The van der Waals surface area contributed by atoms with E-state index in [2.05, 4.69) is 9.64 Å². The second-order valence-corrected chi connectivity index (χ2v) is 3.77. The van der Waals surface area contributed by atoms with Crippen molar-refractivity contribution in [3.8, 4) is 0 Å². The van der Waals surface area contributed by atoms with Crippen molar-refractivity contribution >= 4 is 17.6 Å². The summed E-state index contributed by atoms with van der Waals surface area (Å²) in [5.74, 6) is 0.443. The summed E-state index contributed by atoms with van der Waals surface area (Å²) >= 11 is 5.60. The first-order chi connectivity index (χ1) is 7.27. The van der Waals surface area contributed by atoms with Crippen LogP contribution < -0.4 is 0 Å². The van der Waals surface area contributed by atoms with Gasteiger partial charge in [0.25, 0.3) is 0 Å². The lowest BCUT2D eigenvalue weighted by Crippen LogP contribution is -2.26. The van der Waals surface area contributed by atoms with E-state index in [1.54, 1.807) is 6.08 Å². The normalized spacial score (nSPS) is 15.1. The smallest absolute Gasteiger partial charge is 0.335 e. The molecule has 0 aromatic carbocycles. The number of carbonyl (C=O) groups is 1. The molecule has 0 saturated carbocycles. The summed E-state index contributed by atoms with van der Waals surface area (Å²) in [4.78, 5) is 13.4. The molecule has 0 amide bonds. The molecule has 1 aliphatic heterocycles. The molecule has 0 N–H and O–H groups in total. The molecular formula is C11H16ClNO2. The van der Waals surface area contributed by atoms with Gasteiger partial charge in [0, 0.05) is 19.0 Å². The standard InChI is InChI=1S/C11H16ClNO2/c1-15-11(14)10-5-4-8-13(9-10)7-3-2-6-12/h4-5,8H,2-3,6-7,9H2,1H3. The van der Waals surface area contributed by atoms with Crippen LogP contribution in [0.25, 0.3) is 0 Å². The van der Waals surface area contributed by atoms with Gasteiger partial charge in [-0.1, -0.05) is 0 Å². The highest BCUT2D eigenvalue weighted by Crippen LogP contribution is 2.10. The molecule has 84 valence electrons. The van der Waals surface area contributed by atoms with E-state index in [-0.39, 0.29) is 5.97 Å². The number of alkyl halides is 1. The number of allylic oxidation sites excluding steroid dienone is 2. The molecule has 1 heterocycles. The number of halogens is 1. The van der Waals surface area contributed by atoms with Gasteiger partial charge in [0.1, 0.15) is 0 Å². The van der Waals surface area contributed by atoms with Gasteiger partial charge in [0.15, 0.2) is 0 Å². The van der Waals surface area contributed by atoms with E-state index in [9.17, 15) is 4.79 Å². The lowest BCUT2D eigenvalue weighted by atomic mass is 10.2. The Balaban J connectivity index is 2.38. The van der Waals surface area contributed by atoms with E-state index in [0.717, 1.165) is 19.4 Å². The van der Waals surface area contributed by atoms with Gasteiger partial charge >= 0.3 is 5.97 Å². The highest BCUT2D eigenvalue weighted by atomic mass is 35.5. The third kappa shape index (κ3) is 3.96. The lowest BCUT2D eigenvalue weighted by Gasteiger charge is -2.23. The minimum Gasteiger partial charge on any atom is -0.466 e. The van der Waals surface area contributed by atoms with Crippen LogP contribution in [-0.4, -0.2) is 36.9 Å². The molecule has 15 heavy (non-hydrogen) atoms. The number of ether oxygens (including phenoxy) is 1. The first kappa shape index (κ1) is 12.1. The number of hydrogen-bond donors (Lipinski definition) is 0. The molecule has 0 fully saturated rings. The van der Waals surface area contributed by atoms with Crippen LogP contribution in [0.1, 0.15) is 12.8 Å². The third-order valence-corrected chi connectivity index (χ3v) is 2.51. The minimum absolute atomic E-state index is 0.248. The molecule has 0 unspecified atom stereocenters. The molecule has 0 aromatic heterocycles. The molecule has 0 aliphatic carbocycles. The summed E-state index contributed by atoms with van der Waals surface area (Å²) in [6.07, 6.45) is 7.70. The number of rotatable bonds is 5. The Hall–Kier alpha value is -0.960. The largest absolute Gasteiger partial charge is 0.466 e. The predicted molar refractivity (Wildman–Crippen MR) is 60.8 cm³/mol. The van der Waals surface area contributed by atoms with Crippen LogP contribution in [-0.2, 0) is 9.53 Å². The Morgan fingerprint density at radius 1 is 1.60 bits per heavy atom. The summed E-state index contributed by atoms with van der Waals surface area (Å²) < 4.78 is 4.67. The number of methoxy groups -OCH3 is 1. The minimum atomic E-state index is -0.248. The zero-order chi connectivity index (χ0) is 11.1. The third-order valence-electron chi connectivity index (χ3n) is 2.24. The Labute approximate surface area is 95.3 Å². The zero-order valence-corrected chi connectivity index (χ0v) is 9.67. The summed E-state index contributed by atoms with van der Waals surface area (Å²) in [6.45, 7) is 1.56. The number of hydrogen-bond acceptors (Lipinski definition) is 3. The van der Waals surface area contributed by atoms with E-state index in [1.807, 2.05) is 12.3 Å².